The molecule has 4 heteroatoms. The highest BCUT2D eigenvalue weighted by Gasteiger charge is 2.21. The van der Waals surface area contributed by atoms with E-state index in [1.807, 2.05) is 51.1 Å². The lowest BCUT2D eigenvalue weighted by Crippen LogP contribution is -2.43. The van der Waals surface area contributed by atoms with Crippen LogP contribution in [0.1, 0.15) is 26.3 Å². The number of hydrogen-bond donors (Lipinski definition) is 2. The minimum atomic E-state index is -0.343. The number of rotatable bonds is 7. The second-order valence-electron chi connectivity index (χ2n) is 5.12. The van der Waals surface area contributed by atoms with Crippen LogP contribution in [0.25, 0.3) is 0 Å². The van der Waals surface area contributed by atoms with E-state index in [1.54, 1.807) is 0 Å². The maximum Gasteiger partial charge on any atom is 0.233 e. The average molecular weight is 281 g/mol. The molecule has 0 saturated heterocycles. The van der Waals surface area contributed by atoms with E-state index in [2.05, 4.69) is 17.9 Å². The number of ether oxygens (including phenoxy) is 1. The zero-order valence-electron chi connectivity index (χ0n) is 11.8. The summed E-state index contributed by atoms with van der Waals surface area (Å²) in [6.07, 6.45) is 0.630. The zero-order valence-corrected chi connectivity index (χ0v) is 12.7. The Morgan fingerprint density at radius 3 is 2.58 bits per heavy atom. The maximum atomic E-state index is 12.0. The summed E-state index contributed by atoms with van der Waals surface area (Å²) in [7, 11) is 0. The lowest BCUT2D eigenvalue weighted by Gasteiger charge is -2.25. The monoisotopic (exact) mass is 281 g/mol. The van der Waals surface area contributed by atoms with Crippen molar-refractivity contribution in [1.29, 1.82) is 0 Å². The Morgan fingerprint density at radius 1 is 1.37 bits per heavy atom. The standard InChI is InChI=1S/C15H23NO2S/c1-4-18-15(2,3)11-16-14(17)13(19)10-12-8-6-5-7-9-12/h5-9,13,19H,4,10-11H2,1-3H3,(H,16,17). The summed E-state index contributed by atoms with van der Waals surface area (Å²) in [5, 5.41) is 2.55. The summed E-state index contributed by atoms with van der Waals surface area (Å²) >= 11 is 4.37. The second-order valence-corrected chi connectivity index (χ2v) is 5.74. The molecule has 0 radical (unpaired) electrons. The van der Waals surface area contributed by atoms with Crippen molar-refractivity contribution >= 4 is 18.5 Å². The number of carbonyl (C=O) groups excluding carboxylic acids is 1. The van der Waals surface area contributed by atoms with Crippen LogP contribution in [0, 0.1) is 0 Å². The lowest BCUT2D eigenvalue weighted by molar-refractivity contribution is -0.122. The van der Waals surface area contributed by atoms with E-state index in [0.717, 1.165) is 5.56 Å². The molecular formula is C15H23NO2S. The summed E-state index contributed by atoms with van der Waals surface area (Å²) in [4.78, 5) is 12.0. The van der Waals surface area contributed by atoms with E-state index in [-0.39, 0.29) is 16.8 Å². The summed E-state index contributed by atoms with van der Waals surface area (Å²) in [5.74, 6) is -0.0556. The van der Waals surface area contributed by atoms with Gasteiger partial charge in [-0.05, 0) is 32.8 Å². The van der Waals surface area contributed by atoms with Crippen LogP contribution in [-0.2, 0) is 16.0 Å². The van der Waals surface area contributed by atoms with Crippen molar-refractivity contribution in [2.45, 2.75) is 38.0 Å². The summed E-state index contributed by atoms with van der Waals surface area (Å²) in [5.41, 5.74) is 0.770. The molecule has 1 aromatic carbocycles. The molecule has 1 aromatic rings. The van der Waals surface area contributed by atoms with Crippen LogP contribution in [0.3, 0.4) is 0 Å². The third-order valence-electron chi connectivity index (χ3n) is 2.80. The fourth-order valence-corrected chi connectivity index (χ4v) is 2.09. The van der Waals surface area contributed by atoms with E-state index in [0.29, 0.717) is 19.6 Å². The van der Waals surface area contributed by atoms with E-state index in [1.165, 1.54) is 0 Å². The van der Waals surface area contributed by atoms with Crippen molar-refractivity contribution in [3.8, 4) is 0 Å². The number of benzene rings is 1. The average Bonchev–Trinajstić information content (AvgIpc) is 2.37. The van der Waals surface area contributed by atoms with Gasteiger partial charge in [-0.3, -0.25) is 4.79 Å². The summed E-state index contributed by atoms with van der Waals surface area (Å²) < 4.78 is 5.54. The van der Waals surface area contributed by atoms with E-state index in [9.17, 15) is 4.79 Å². The lowest BCUT2D eigenvalue weighted by atomic mass is 10.1. The van der Waals surface area contributed by atoms with Crippen LogP contribution in [0.4, 0.5) is 0 Å². The molecule has 1 unspecified atom stereocenters. The van der Waals surface area contributed by atoms with Gasteiger partial charge in [-0.2, -0.15) is 12.6 Å². The zero-order chi connectivity index (χ0) is 14.3. The van der Waals surface area contributed by atoms with Gasteiger partial charge in [-0.15, -0.1) is 0 Å². The van der Waals surface area contributed by atoms with E-state index < -0.39 is 0 Å². The number of amides is 1. The first-order valence-electron chi connectivity index (χ1n) is 6.58. The van der Waals surface area contributed by atoms with Gasteiger partial charge in [0.2, 0.25) is 5.91 Å². The van der Waals surface area contributed by atoms with Crippen LogP contribution in [-0.4, -0.2) is 29.9 Å². The predicted molar refractivity (Wildman–Crippen MR) is 81.6 cm³/mol. The Balaban J connectivity index is 2.41. The topological polar surface area (TPSA) is 38.3 Å². The van der Waals surface area contributed by atoms with Crippen LogP contribution in [0.15, 0.2) is 30.3 Å². The molecule has 3 nitrogen and oxygen atoms in total. The summed E-state index contributed by atoms with van der Waals surface area (Å²) in [6.45, 7) is 6.99. The molecule has 106 valence electrons. The van der Waals surface area contributed by atoms with Crippen molar-refractivity contribution in [2.75, 3.05) is 13.2 Å². The fraction of sp³-hybridized carbons (Fsp3) is 0.533. The molecule has 1 rings (SSSR count). The van der Waals surface area contributed by atoms with Crippen molar-refractivity contribution < 1.29 is 9.53 Å². The number of hydrogen-bond acceptors (Lipinski definition) is 3. The van der Waals surface area contributed by atoms with Gasteiger partial charge in [0, 0.05) is 13.2 Å². The molecule has 0 saturated carbocycles. The first kappa shape index (κ1) is 16.1. The van der Waals surface area contributed by atoms with Crippen molar-refractivity contribution in [3.63, 3.8) is 0 Å². The van der Waals surface area contributed by atoms with E-state index >= 15 is 0 Å². The molecule has 19 heavy (non-hydrogen) atoms. The van der Waals surface area contributed by atoms with Gasteiger partial charge in [0.05, 0.1) is 10.9 Å². The third-order valence-corrected chi connectivity index (χ3v) is 3.22. The highest BCUT2D eigenvalue weighted by Crippen LogP contribution is 2.10. The molecule has 1 atom stereocenters. The molecule has 1 amide bonds. The molecule has 1 N–H and O–H groups in total. The Labute approximate surface area is 121 Å². The molecule has 0 aliphatic heterocycles. The van der Waals surface area contributed by atoms with Crippen LogP contribution >= 0.6 is 12.6 Å². The van der Waals surface area contributed by atoms with Gasteiger partial charge < -0.3 is 10.1 Å². The molecular weight excluding hydrogens is 258 g/mol. The van der Waals surface area contributed by atoms with Gasteiger partial charge in [0.25, 0.3) is 0 Å². The largest absolute Gasteiger partial charge is 0.374 e. The minimum Gasteiger partial charge on any atom is -0.374 e. The fourth-order valence-electron chi connectivity index (χ4n) is 1.79. The molecule has 0 fully saturated rings. The second kappa shape index (κ2) is 7.56. The van der Waals surface area contributed by atoms with Crippen molar-refractivity contribution in [3.05, 3.63) is 35.9 Å². The number of carbonyl (C=O) groups is 1. The van der Waals surface area contributed by atoms with Crippen LogP contribution in [0.5, 0.6) is 0 Å². The smallest absolute Gasteiger partial charge is 0.233 e. The minimum absolute atomic E-state index is 0.0556. The number of nitrogens with one attached hydrogen (secondary N) is 1. The van der Waals surface area contributed by atoms with Gasteiger partial charge in [0.15, 0.2) is 0 Å². The Hall–Kier alpha value is -1.00. The van der Waals surface area contributed by atoms with Gasteiger partial charge in [0.1, 0.15) is 0 Å². The van der Waals surface area contributed by atoms with Gasteiger partial charge in [-0.1, -0.05) is 30.3 Å². The Morgan fingerprint density at radius 2 is 2.00 bits per heavy atom. The highest BCUT2D eigenvalue weighted by atomic mass is 32.1. The van der Waals surface area contributed by atoms with Crippen molar-refractivity contribution in [2.24, 2.45) is 0 Å². The normalized spacial score (nSPS) is 13.1. The molecule has 0 aromatic heterocycles. The quantitative estimate of drug-likeness (QED) is 0.754. The predicted octanol–water partition coefficient (Wildman–Crippen LogP) is 2.46. The Kier molecular flexibility index (Phi) is 6.38. The molecule has 0 aliphatic rings. The first-order valence-corrected chi connectivity index (χ1v) is 7.10. The number of thiol groups is 1. The molecule has 0 aliphatic carbocycles. The molecule has 0 spiro atoms. The SMILES string of the molecule is CCOC(C)(C)CNC(=O)C(S)Cc1ccccc1. The Bertz CT molecular complexity index is 392. The summed E-state index contributed by atoms with van der Waals surface area (Å²) in [6, 6.07) is 9.89. The van der Waals surface area contributed by atoms with Crippen molar-refractivity contribution in [1.82, 2.24) is 5.32 Å². The molecule has 0 bridgehead atoms. The van der Waals surface area contributed by atoms with E-state index in [4.69, 9.17) is 4.74 Å². The first-order chi connectivity index (χ1) is 8.94. The van der Waals surface area contributed by atoms with Gasteiger partial charge in [-0.25, -0.2) is 0 Å². The van der Waals surface area contributed by atoms with Crippen LogP contribution < -0.4 is 5.32 Å². The maximum absolute atomic E-state index is 12.0. The molecule has 0 heterocycles. The van der Waals surface area contributed by atoms with Gasteiger partial charge >= 0.3 is 0 Å². The van der Waals surface area contributed by atoms with Crippen LogP contribution in [0.2, 0.25) is 0 Å². The third kappa shape index (κ3) is 6.12. The highest BCUT2D eigenvalue weighted by molar-refractivity contribution is 7.81.